The number of rotatable bonds is 5. The Balaban J connectivity index is 2.71. The molecule has 108 valence electrons. The van der Waals surface area contributed by atoms with Crippen molar-refractivity contribution in [3.63, 3.8) is 0 Å². The number of halogens is 1. The number of hydrogen-bond donors (Lipinski definition) is 4. The molecule has 0 aliphatic rings. The summed E-state index contributed by atoms with van der Waals surface area (Å²) in [6.45, 7) is 2.04. The molecule has 0 saturated carbocycles. The number of anilines is 1. The van der Waals surface area contributed by atoms with Crippen LogP contribution in [-0.2, 0) is 4.79 Å². The summed E-state index contributed by atoms with van der Waals surface area (Å²) in [6, 6.07) is 3.86. The molecule has 0 aromatic heterocycles. The number of carboxylic acid groups (broad SMARTS) is 1. The van der Waals surface area contributed by atoms with Crippen LogP contribution in [0.4, 0.5) is 10.5 Å². The average molecular weight is 344 g/mol. The van der Waals surface area contributed by atoms with E-state index in [1.165, 1.54) is 6.07 Å². The average Bonchev–Trinajstić information content (AvgIpc) is 2.39. The van der Waals surface area contributed by atoms with Crippen LogP contribution in [0.1, 0.15) is 17.3 Å². The first-order chi connectivity index (χ1) is 9.45. The highest BCUT2D eigenvalue weighted by Crippen LogP contribution is 2.26. The Bertz CT molecular complexity index is 533. The lowest BCUT2D eigenvalue weighted by atomic mass is 10.2. The van der Waals surface area contributed by atoms with Crippen LogP contribution < -0.4 is 16.0 Å². The summed E-state index contributed by atoms with van der Waals surface area (Å²) >= 11 is 3.16. The van der Waals surface area contributed by atoms with Crippen LogP contribution in [0.3, 0.4) is 0 Å². The van der Waals surface area contributed by atoms with Crippen molar-refractivity contribution in [2.45, 2.75) is 6.92 Å². The molecule has 0 heterocycles. The van der Waals surface area contributed by atoms with Crippen LogP contribution in [0.15, 0.2) is 22.7 Å². The van der Waals surface area contributed by atoms with Crippen molar-refractivity contribution in [2.24, 2.45) is 0 Å². The van der Waals surface area contributed by atoms with Crippen molar-refractivity contribution in [1.29, 1.82) is 0 Å². The largest absolute Gasteiger partial charge is 0.478 e. The highest BCUT2D eigenvalue weighted by molar-refractivity contribution is 9.10. The normalized spacial score (nSPS) is 9.70. The van der Waals surface area contributed by atoms with Gasteiger partial charge in [-0.15, -0.1) is 0 Å². The number of aromatic carboxylic acids is 1. The molecule has 0 radical (unpaired) electrons. The summed E-state index contributed by atoms with van der Waals surface area (Å²) in [5.41, 5.74) is 0.0842. The summed E-state index contributed by atoms with van der Waals surface area (Å²) in [4.78, 5) is 33.9. The van der Waals surface area contributed by atoms with Gasteiger partial charge in [-0.1, -0.05) is 6.07 Å². The number of carboxylic acids is 1. The Morgan fingerprint density at radius 3 is 2.55 bits per heavy atom. The van der Waals surface area contributed by atoms with Crippen LogP contribution in [0.5, 0.6) is 0 Å². The molecule has 8 heteroatoms. The third kappa shape index (κ3) is 4.54. The maximum Gasteiger partial charge on any atom is 0.337 e. The van der Waals surface area contributed by atoms with E-state index in [9.17, 15) is 14.4 Å². The van der Waals surface area contributed by atoms with Gasteiger partial charge in [-0.3, -0.25) is 4.79 Å². The van der Waals surface area contributed by atoms with E-state index >= 15 is 0 Å². The zero-order valence-electron chi connectivity index (χ0n) is 10.7. The van der Waals surface area contributed by atoms with Gasteiger partial charge in [0, 0.05) is 11.0 Å². The molecule has 0 bridgehead atoms. The maximum atomic E-state index is 11.6. The molecular formula is C12H14BrN3O4. The lowest BCUT2D eigenvalue weighted by Crippen LogP contribution is -2.39. The SMILES string of the molecule is CCNC(=O)CNC(=O)Nc1c(Br)cccc1C(=O)O. The number of nitrogens with one attached hydrogen (secondary N) is 3. The molecule has 3 amide bonds. The quantitative estimate of drug-likeness (QED) is 0.648. The number of para-hydroxylation sites is 1. The van der Waals surface area contributed by atoms with E-state index in [1.54, 1.807) is 19.1 Å². The Morgan fingerprint density at radius 2 is 1.95 bits per heavy atom. The molecule has 0 fully saturated rings. The Morgan fingerprint density at radius 1 is 1.25 bits per heavy atom. The minimum atomic E-state index is -1.16. The molecule has 4 N–H and O–H groups in total. The number of hydrogen-bond acceptors (Lipinski definition) is 3. The van der Waals surface area contributed by atoms with Crippen molar-refractivity contribution in [1.82, 2.24) is 10.6 Å². The summed E-state index contributed by atoms with van der Waals surface area (Å²) in [6.07, 6.45) is 0. The van der Waals surface area contributed by atoms with Crippen molar-refractivity contribution >= 4 is 39.5 Å². The van der Waals surface area contributed by atoms with E-state index in [1.807, 2.05) is 0 Å². The van der Waals surface area contributed by atoms with Gasteiger partial charge in [-0.25, -0.2) is 9.59 Å². The number of benzene rings is 1. The molecule has 20 heavy (non-hydrogen) atoms. The van der Waals surface area contributed by atoms with E-state index in [4.69, 9.17) is 5.11 Å². The van der Waals surface area contributed by atoms with Crippen LogP contribution in [0.2, 0.25) is 0 Å². The van der Waals surface area contributed by atoms with E-state index in [0.717, 1.165) is 0 Å². The van der Waals surface area contributed by atoms with Gasteiger partial charge in [0.05, 0.1) is 17.8 Å². The predicted molar refractivity (Wildman–Crippen MR) is 76.8 cm³/mol. The number of carbonyl (C=O) groups is 3. The van der Waals surface area contributed by atoms with E-state index < -0.39 is 12.0 Å². The van der Waals surface area contributed by atoms with Crippen molar-refractivity contribution in [3.8, 4) is 0 Å². The smallest absolute Gasteiger partial charge is 0.337 e. The third-order valence-corrected chi connectivity index (χ3v) is 2.93. The Kier molecular flexibility index (Phi) is 5.98. The summed E-state index contributed by atoms with van der Waals surface area (Å²) in [5, 5.41) is 16.3. The fraction of sp³-hybridized carbons (Fsp3) is 0.250. The first-order valence-electron chi connectivity index (χ1n) is 5.79. The van der Waals surface area contributed by atoms with Crippen LogP contribution in [0.25, 0.3) is 0 Å². The monoisotopic (exact) mass is 343 g/mol. The van der Waals surface area contributed by atoms with Gasteiger partial charge < -0.3 is 21.1 Å². The van der Waals surface area contributed by atoms with Gasteiger partial charge in [0.2, 0.25) is 5.91 Å². The molecule has 0 unspecified atom stereocenters. The third-order valence-electron chi connectivity index (χ3n) is 2.27. The molecule has 1 aromatic carbocycles. The number of carbonyl (C=O) groups excluding carboxylic acids is 2. The predicted octanol–water partition coefficient (Wildman–Crippen LogP) is 1.40. The second-order valence-corrected chi connectivity index (χ2v) is 4.58. The summed E-state index contributed by atoms with van der Waals surface area (Å²) in [7, 11) is 0. The van der Waals surface area contributed by atoms with E-state index in [0.29, 0.717) is 11.0 Å². The topological polar surface area (TPSA) is 108 Å². The molecule has 0 aliphatic heterocycles. The van der Waals surface area contributed by atoms with Crippen LogP contribution >= 0.6 is 15.9 Å². The zero-order chi connectivity index (χ0) is 15.1. The van der Waals surface area contributed by atoms with E-state index in [-0.39, 0.29) is 23.7 Å². The lowest BCUT2D eigenvalue weighted by molar-refractivity contribution is -0.119. The maximum absolute atomic E-state index is 11.6. The van der Waals surface area contributed by atoms with Gasteiger partial charge >= 0.3 is 12.0 Å². The highest BCUT2D eigenvalue weighted by atomic mass is 79.9. The number of urea groups is 1. The van der Waals surface area contributed by atoms with Gasteiger partial charge in [-0.2, -0.15) is 0 Å². The van der Waals surface area contributed by atoms with E-state index in [2.05, 4.69) is 31.9 Å². The fourth-order valence-corrected chi connectivity index (χ4v) is 1.87. The number of amides is 3. The standard InChI is InChI=1S/C12H14BrN3O4/c1-2-14-9(17)6-15-12(20)16-10-7(11(18)19)4-3-5-8(10)13/h3-5H,2,6H2,1H3,(H,14,17)(H,18,19)(H2,15,16,20). The Hall–Kier alpha value is -2.09. The van der Waals surface area contributed by atoms with Gasteiger partial charge in [0.1, 0.15) is 0 Å². The minimum absolute atomic E-state index is 0.0486. The first-order valence-corrected chi connectivity index (χ1v) is 6.58. The zero-order valence-corrected chi connectivity index (χ0v) is 12.3. The molecule has 0 atom stereocenters. The molecule has 0 aliphatic carbocycles. The molecule has 7 nitrogen and oxygen atoms in total. The van der Waals surface area contributed by atoms with Crippen molar-refractivity contribution in [2.75, 3.05) is 18.4 Å². The second-order valence-electron chi connectivity index (χ2n) is 3.73. The first kappa shape index (κ1) is 16.0. The van der Waals surface area contributed by atoms with Gasteiger partial charge in [-0.05, 0) is 35.0 Å². The minimum Gasteiger partial charge on any atom is -0.478 e. The lowest BCUT2D eigenvalue weighted by Gasteiger charge is -2.11. The van der Waals surface area contributed by atoms with Crippen LogP contribution in [0, 0.1) is 0 Å². The summed E-state index contributed by atoms with van der Waals surface area (Å²) < 4.78 is 0.436. The fourth-order valence-electron chi connectivity index (χ4n) is 1.41. The van der Waals surface area contributed by atoms with Gasteiger partial charge in [0.15, 0.2) is 0 Å². The molecular weight excluding hydrogens is 330 g/mol. The van der Waals surface area contributed by atoms with Crippen molar-refractivity contribution in [3.05, 3.63) is 28.2 Å². The molecule has 1 aromatic rings. The number of likely N-dealkylation sites (N-methyl/N-ethyl adjacent to an activating group) is 1. The molecule has 1 rings (SSSR count). The van der Waals surface area contributed by atoms with Crippen molar-refractivity contribution < 1.29 is 19.5 Å². The second kappa shape index (κ2) is 7.49. The molecule has 0 saturated heterocycles. The van der Waals surface area contributed by atoms with Crippen LogP contribution in [-0.4, -0.2) is 36.1 Å². The highest BCUT2D eigenvalue weighted by Gasteiger charge is 2.15. The summed E-state index contributed by atoms with van der Waals surface area (Å²) in [5.74, 6) is -1.49. The Labute approximate surface area is 123 Å². The van der Waals surface area contributed by atoms with Gasteiger partial charge in [0.25, 0.3) is 0 Å². The molecule has 0 spiro atoms.